The maximum absolute atomic E-state index is 12.3. The number of nitrogens with zero attached hydrogens (tertiary/aromatic N) is 4. The quantitative estimate of drug-likeness (QED) is 0.857. The van der Waals surface area contributed by atoms with Gasteiger partial charge in [-0.3, -0.25) is 4.79 Å². The smallest absolute Gasteiger partial charge is 0.316 e. The molecule has 6 nitrogen and oxygen atoms in total. The minimum Gasteiger partial charge on any atom is -0.372 e. The van der Waals surface area contributed by atoms with E-state index in [-0.39, 0.29) is 11.8 Å². The lowest BCUT2D eigenvalue weighted by Gasteiger charge is -2.22. The van der Waals surface area contributed by atoms with Crippen LogP contribution in [0.5, 0.6) is 0 Å². The van der Waals surface area contributed by atoms with Crippen LogP contribution in [-0.4, -0.2) is 47.1 Å². The van der Waals surface area contributed by atoms with E-state index >= 15 is 0 Å². The van der Waals surface area contributed by atoms with E-state index in [4.69, 9.17) is 4.52 Å². The number of amides is 1. The van der Waals surface area contributed by atoms with Crippen molar-refractivity contribution in [3.8, 4) is 11.4 Å². The Bertz CT molecular complexity index is 711. The van der Waals surface area contributed by atoms with Crippen molar-refractivity contribution < 1.29 is 9.32 Å². The molecule has 2 aromatic rings. The average Bonchev–Trinajstić information content (AvgIpc) is 3.29. The molecule has 2 saturated heterocycles. The first-order valence-corrected chi connectivity index (χ1v) is 9.30. The van der Waals surface area contributed by atoms with Crippen molar-refractivity contribution in [1.29, 1.82) is 0 Å². The van der Waals surface area contributed by atoms with E-state index in [0.717, 1.165) is 44.6 Å². The number of benzene rings is 1. The average molecular weight is 340 g/mol. The van der Waals surface area contributed by atoms with Crippen LogP contribution < -0.4 is 4.90 Å². The Morgan fingerprint density at radius 3 is 2.20 bits per heavy atom. The number of rotatable bonds is 3. The van der Waals surface area contributed by atoms with Crippen molar-refractivity contribution >= 4 is 11.6 Å². The molecule has 0 unspecified atom stereocenters. The summed E-state index contributed by atoms with van der Waals surface area (Å²) >= 11 is 0. The van der Waals surface area contributed by atoms with E-state index < -0.39 is 0 Å². The van der Waals surface area contributed by atoms with Gasteiger partial charge in [-0.05, 0) is 49.9 Å². The second kappa shape index (κ2) is 7.25. The first-order valence-electron chi connectivity index (χ1n) is 9.30. The summed E-state index contributed by atoms with van der Waals surface area (Å²) in [7, 11) is 0. The highest BCUT2D eigenvalue weighted by Gasteiger charge is 2.25. The van der Waals surface area contributed by atoms with Crippen molar-refractivity contribution in [1.82, 2.24) is 15.0 Å². The van der Waals surface area contributed by atoms with Crippen molar-refractivity contribution in [2.75, 3.05) is 31.1 Å². The summed E-state index contributed by atoms with van der Waals surface area (Å²) in [6.45, 7) is 3.80. The molecule has 1 amide bonds. The van der Waals surface area contributed by atoms with Gasteiger partial charge in [-0.15, -0.1) is 0 Å². The monoisotopic (exact) mass is 340 g/mol. The molecule has 2 aliphatic heterocycles. The highest BCUT2D eigenvalue weighted by Crippen LogP contribution is 2.24. The van der Waals surface area contributed by atoms with E-state index in [1.54, 1.807) is 4.90 Å². The molecule has 25 heavy (non-hydrogen) atoms. The standard InChI is InChI=1S/C19H24N4O2/c24-19(23-13-5-6-14-23)18-20-17(21-25-18)15-7-9-16(10-8-15)22-11-3-1-2-4-12-22/h7-10H,1-6,11-14H2. The Morgan fingerprint density at radius 1 is 0.880 bits per heavy atom. The maximum Gasteiger partial charge on any atom is 0.316 e. The van der Waals surface area contributed by atoms with Gasteiger partial charge in [0.05, 0.1) is 0 Å². The van der Waals surface area contributed by atoms with Crippen molar-refractivity contribution in [3.05, 3.63) is 30.2 Å². The lowest BCUT2D eigenvalue weighted by Crippen LogP contribution is -2.27. The molecule has 2 fully saturated rings. The Morgan fingerprint density at radius 2 is 1.52 bits per heavy atom. The maximum atomic E-state index is 12.3. The molecule has 0 aliphatic carbocycles. The molecule has 1 aromatic heterocycles. The van der Waals surface area contributed by atoms with Gasteiger partial charge in [0.15, 0.2) is 0 Å². The second-order valence-corrected chi connectivity index (χ2v) is 6.87. The number of carbonyl (C=O) groups is 1. The van der Waals surface area contributed by atoms with Crippen LogP contribution in [0.2, 0.25) is 0 Å². The molecule has 0 bridgehead atoms. The third kappa shape index (κ3) is 3.52. The summed E-state index contributed by atoms with van der Waals surface area (Å²) in [5.74, 6) is 0.413. The van der Waals surface area contributed by atoms with Gasteiger partial charge in [-0.2, -0.15) is 4.98 Å². The van der Waals surface area contributed by atoms with Gasteiger partial charge >= 0.3 is 11.8 Å². The Balaban J connectivity index is 1.47. The number of anilines is 1. The van der Waals surface area contributed by atoms with Gasteiger partial charge in [-0.25, -0.2) is 0 Å². The molecule has 2 aliphatic rings. The van der Waals surface area contributed by atoms with Crippen LogP contribution >= 0.6 is 0 Å². The highest BCUT2D eigenvalue weighted by atomic mass is 16.5. The number of carbonyl (C=O) groups excluding carboxylic acids is 1. The SMILES string of the molecule is O=C(c1nc(-c2ccc(N3CCCCCC3)cc2)no1)N1CCCC1. The van der Waals surface area contributed by atoms with Crippen LogP contribution in [0.1, 0.15) is 49.2 Å². The molecule has 3 heterocycles. The molecule has 1 aromatic carbocycles. The van der Waals surface area contributed by atoms with Gasteiger partial charge in [0.1, 0.15) is 0 Å². The van der Waals surface area contributed by atoms with Gasteiger partial charge in [0, 0.05) is 37.4 Å². The van der Waals surface area contributed by atoms with Gasteiger partial charge in [0.2, 0.25) is 5.82 Å². The van der Waals surface area contributed by atoms with Gasteiger partial charge < -0.3 is 14.3 Å². The Kier molecular flexibility index (Phi) is 4.68. The molecular formula is C19H24N4O2. The van der Waals surface area contributed by atoms with Crippen LogP contribution in [0.15, 0.2) is 28.8 Å². The summed E-state index contributed by atoms with van der Waals surface area (Å²) in [6, 6.07) is 8.24. The fourth-order valence-corrected chi connectivity index (χ4v) is 3.63. The third-order valence-corrected chi connectivity index (χ3v) is 5.10. The molecule has 6 heteroatoms. The number of likely N-dealkylation sites (tertiary alicyclic amines) is 1. The third-order valence-electron chi connectivity index (χ3n) is 5.10. The van der Waals surface area contributed by atoms with Crippen LogP contribution in [0, 0.1) is 0 Å². The fourth-order valence-electron chi connectivity index (χ4n) is 3.63. The molecule has 0 radical (unpaired) electrons. The Hall–Kier alpha value is -2.37. The summed E-state index contributed by atoms with van der Waals surface area (Å²) in [6.07, 6.45) is 7.26. The zero-order chi connectivity index (χ0) is 17.1. The molecule has 0 spiro atoms. The predicted molar refractivity (Wildman–Crippen MR) is 95.6 cm³/mol. The normalized spacial score (nSPS) is 18.4. The van der Waals surface area contributed by atoms with Crippen LogP contribution in [-0.2, 0) is 0 Å². The summed E-state index contributed by atoms with van der Waals surface area (Å²) < 4.78 is 5.19. The zero-order valence-corrected chi connectivity index (χ0v) is 14.5. The van der Waals surface area contributed by atoms with E-state index in [1.807, 2.05) is 12.1 Å². The largest absolute Gasteiger partial charge is 0.372 e. The van der Waals surface area contributed by atoms with Crippen LogP contribution in [0.25, 0.3) is 11.4 Å². The van der Waals surface area contributed by atoms with E-state index in [1.165, 1.54) is 31.4 Å². The summed E-state index contributed by atoms with van der Waals surface area (Å²) in [5.41, 5.74) is 2.12. The predicted octanol–water partition coefficient (Wildman–Crippen LogP) is 3.35. The molecule has 0 saturated carbocycles. The zero-order valence-electron chi connectivity index (χ0n) is 14.5. The first kappa shape index (κ1) is 16.1. The first-order chi connectivity index (χ1) is 12.3. The molecule has 0 N–H and O–H groups in total. The topological polar surface area (TPSA) is 62.5 Å². The molecular weight excluding hydrogens is 316 g/mol. The number of hydrogen-bond donors (Lipinski definition) is 0. The summed E-state index contributed by atoms with van der Waals surface area (Å²) in [5, 5.41) is 3.99. The number of aromatic nitrogens is 2. The lowest BCUT2D eigenvalue weighted by molar-refractivity contribution is 0.0743. The Labute approximate surface area is 147 Å². The number of hydrogen-bond acceptors (Lipinski definition) is 5. The second-order valence-electron chi connectivity index (χ2n) is 6.87. The van der Waals surface area contributed by atoms with Crippen molar-refractivity contribution in [2.24, 2.45) is 0 Å². The minimum absolute atomic E-state index is 0.0912. The van der Waals surface area contributed by atoms with E-state index in [0.29, 0.717) is 5.82 Å². The highest BCUT2D eigenvalue weighted by molar-refractivity contribution is 5.90. The van der Waals surface area contributed by atoms with E-state index in [9.17, 15) is 4.79 Å². The fraction of sp³-hybridized carbons (Fsp3) is 0.526. The van der Waals surface area contributed by atoms with E-state index in [2.05, 4.69) is 27.2 Å². The van der Waals surface area contributed by atoms with Crippen molar-refractivity contribution in [3.63, 3.8) is 0 Å². The van der Waals surface area contributed by atoms with Crippen LogP contribution in [0.3, 0.4) is 0 Å². The molecule has 0 atom stereocenters. The molecule has 4 rings (SSSR count). The minimum atomic E-state index is -0.155. The summed E-state index contributed by atoms with van der Waals surface area (Å²) in [4.78, 5) is 20.8. The van der Waals surface area contributed by atoms with Gasteiger partial charge in [0.25, 0.3) is 0 Å². The lowest BCUT2D eigenvalue weighted by atomic mass is 10.2. The van der Waals surface area contributed by atoms with Gasteiger partial charge in [-0.1, -0.05) is 18.0 Å². The van der Waals surface area contributed by atoms with Crippen molar-refractivity contribution in [2.45, 2.75) is 38.5 Å². The van der Waals surface area contributed by atoms with Crippen LogP contribution in [0.4, 0.5) is 5.69 Å². The molecule has 132 valence electrons.